The van der Waals surface area contributed by atoms with Gasteiger partial charge in [-0.05, 0) is 45.4 Å². The summed E-state index contributed by atoms with van der Waals surface area (Å²) in [6, 6.07) is 6.40. The second-order valence-corrected chi connectivity index (χ2v) is 7.39. The molecule has 2 rings (SSSR count). The van der Waals surface area contributed by atoms with E-state index in [1.54, 1.807) is 32.0 Å². The van der Waals surface area contributed by atoms with E-state index < -0.39 is 28.7 Å². The fourth-order valence-corrected chi connectivity index (χ4v) is 3.62. The number of carbonyl (C=O) groups excluding carboxylic acids is 3. The third-order valence-electron chi connectivity index (χ3n) is 4.11. The molecule has 0 bridgehead atoms. The number of Topliss-reactive ketones (excluding diaryl/α,β-unsaturated/α-hetero) is 2. The highest BCUT2D eigenvalue weighted by molar-refractivity contribution is 7.84. The third kappa shape index (κ3) is 3.83. The Hall–Kier alpha value is -2.54. The fraction of sp³-hybridized carbons (Fsp3) is 0.316. The summed E-state index contributed by atoms with van der Waals surface area (Å²) in [6.07, 6.45) is 0.409. The molecule has 2 atom stereocenters. The number of ketones is 2. The van der Waals surface area contributed by atoms with Crippen LogP contribution in [0.1, 0.15) is 56.3 Å². The molecule has 0 saturated heterocycles. The van der Waals surface area contributed by atoms with Crippen molar-refractivity contribution in [1.82, 2.24) is 4.98 Å². The Morgan fingerprint density at radius 3 is 2.31 bits per heavy atom. The number of nitrogens with one attached hydrogen (secondary N) is 1. The van der Waals surface area contributed by atoms with Crippen molar-refractivity contribution in [3.63, 3.8) is 0 Å². The van der Waals surface area contributed by atoms with Gasteiger partial charge in [0.15, 0.2) is 11.9 Å². The Morgan fingerprint density at radius 2 is 1.77 bits per heavy atom. The molecule has 0 aliphatic heterocycles. The van der Waals surface area contributed by atoms with Crippen LogP contribution in [0, 0.1) is 13.8 Å². The molecule has 2 aromatic rings. The maximum atomic E-state index is 12.7. The van der Waals surface area contributed by atoms with E-state index in [2.05, 4.69) is 4.98 Å². The lowest BCUT2D eigenvalue weighted by molar-refractivity contribution is 0.0313. The molecule has 1 aromatic heterocycles. The number of carbonyl (C=O) groups is 3. The first-order valence-corrected chi connectivity index (χ1v) is 9.58. The van der Waals surface area contributed by atoms with E-state index in [-0.39, 0.29) is 17.0 Å². The van der Waals surface area contributed by atoms with Crippen LogP contribution in [-0.4, -0.2) is 39.1 Å². The number of aromatic nitrogens is 1. The van der Waals surface area contributed by atoms with Crippen molar-refractivity contribution in [2.75, 3.05) is 6.26 Å². The number of aromatic amines is 1. The van der Waals surface area contributed by atoms with Gasteiger partial charge in [-0.3, -0.25) is 13.8 Å². The van der Waals surface area contributed by atoms with Gasteiger partial charge in [-0.15, -0.1) is 0 Å². The first-order chi connectivity index (χ1) is 12.1. The molecule has 1 aromatic carbocycles. The summed E-state index contributed by atoms with van der Waals surface area (Å²) >= 11 is 0. The van der Waals surface area contributed by atoms with Crippen molar-refractivity contribution in [1.29, 1.82) is 0 Å². The van der Waals surface area contributed by atoms with Gasteiger partial charge in [0.1, 0.15) is 0 Å². The van der Waals surface area contributed by atoms with Crippen molar-refractivity contribution in [2.24, 2.45) is 0 Å². The van der Waals surface area contributed by atoms with Gasteiger partial charge in [-0.1, -0.05) is 12.1 Å². The Kier molecular flexibility index (Phi) is 5.92. The molecule has 0 fully saturated rings. The molecule has 138 valence electrons. The van der Waals surface area contributed by atoms with Crippen LogP contribution in [0.5, 0.6) is 0 Å². The van der Waals surface area contributed by atoms with E-state index in [0.717, 1.165) is 0 Å². The molecule has 1 N–H and O–H groups in total. The number of ether oxygens (including phenoxy) is 1. The van der Waals surface area contributed by atoms with Crippen LogP contribution in [0.3, 0.4) is 0 Å². The number of aryl methyl sites for hydroxylation is 1. The van der Waals surface area contributed by atoms with Crippen molar-refractivity contribution in [3.8, 4) is 0 Å². The van der Waals surface area contributed by atoms with E-state index in [0.29, 0.717) is 21.7 Å². The zero-order valence-electron chi connectivity index (χ0n) is 15.3. The largest absolute Gasteiger partial charge is 0.451 e. The lowest BCUT2D eigenvalue weighted by atomic mass is 10.0. The molecule has 6 nitrogen and oxygen atoms in total. The van der Waals surface area contributed by atoms with Gasteiger partial charge >= 0.3 is 5.97 Å². The normalized spacial score (nSPS) is 13.1. The summed E-state index contributed by atoms with van der Waals surface area (Å²) in [5.74, 6) is -1.29. The zero-order chi connectivity index (χ0) is 19.6. The molecule has 7 heteroatoms. The Morgan fingerprint density at radius 1 is 1.15 bits per heavy atom. The first-order valence-electron chi connectivity index (χ1n) is 8.02. The number of esters is 1. The molecule has 0 radical (unpaired) electrons. The Bertz CT molecular complexity index is 913. The van der Waals surface area contributed by atoms with Crippen LogP contribution < -0.4 is 0 Å². The van der Waals surface area contributed by atoms with E-state index in [1.165, 1.54) is 26.2 Å². The van der Waals surface area contributed by atoms with Crippen LogP contribution in [0.4, 0.5) is 0 Å². The number of rotatable bonds is 6. The number of hydrogen-bond acceptors (Lipinski definition) is 5. The minimum atomic E-state index is -1.36. The minimum absolute atomic E-state index is 0.140. The molecule has 0 amide bonds. The second kappa shape index (κ2) is 7.78. The van der Waals surface area contributed by atoms with E-state index in [4.69, 9.17) is 4.74 Å². The molecular formula is C19H21NO5S. The van der Waals surface area contributed by atoms with Gasteiger partial charge in [0, 0.05) is 17.5 Å². The smallest absolute Gasteiger partial charge is 0.340 e. The summed E-state index contributed by atoms with van der Waals surface area (Å²) in [7, 11) is -1.36. The number of H-pyrrole nitrogens is 1. The van der Waals surface area contributed by atoms with Gasteiger partial charge in [0.05, 0.1) is 27.0 Å². The summed E-state index contributed by atoms with van der Waals surface area (Å²) in [4.78, 5) is 40.0. The average Bonchev–Trinajstić information content (AvgIpc) is 2.88. The van der Waals surface area contributed by atoms with E-state index in [9.17, 15) is 18.6 Å². The van der Waals surface area contributed by atoms with Gasteiger partial charge < -0.3 is 9.72 Å². The van der Waals surface area contributed by atoms with Crippen molar-refractivity contribution < 1.29 is 23.3 Å². The van der Waals surface area contributed by atoms with Crippen molar-refractivity contribution in [3.05, 3.63) is 52.3 Å². The minimum Gasteiger partial charge on any atom is -0.451 e. The highest BCUT2D eigenvalue weighted by atomic mass is 32.2. The van der Waals surface area contributed by atoms with Crippen molar-refractivity contribution >= 4 is 28.3 Å². The highest BCUT2D eigenvalue weighted by Crippen LogP contribution is 2.21. The lowest BCUT2D eigenvalue weighted by Gasteiger charge is -2.13. The van der Waals surface area contributed by atoms with E-state index in [1.807, 2.05) is 0 Å². The maximum Gasteiger partial charge on any atom is 0.340 e. The van der Waals surface area contributed by atoms with Gasteiger partial charge in [0.25, 0.3) is 0 Å². The molecule has 1 heterocycles. The van der Waals surface area contributed by atoms with Crippen LogP contribution in [0.25, 0.3) is 0 Å². The summed E-state index contributed by atoms with van der Waals surface area (Å²) < 4.78 is 17.0. The summed E-state index contributed by atoms with van der Waals surface area (Å²) in [6.45, 7) is 6.29. The fourth-order valence-electron chi connectivity index (χ4n) is 2.89. The molecule has 0 aliphatic carbocycles. The van der Waals surface area contributed by atoms with Gasteiger partial charge in [-0.2, -0.15) is 0 Å². The molecular weight excluding hydrogens is 354 g/mol. The molecule has 0 unspecified atom stereocenters. The summed E-state index contributed by atoms with van der Waals surface area (Å²) in [5, 5.41) is 0. The average molecular weight is 375 g/mol. The monoisotopic (exact) mass is 375 g/mol. The molecule has 26 heavy (non-hydrogen) atoms. The predicted molar refractivity (Wildman–Crippen MR) is 98.3 cm³/mol. The van der Waals surface area contributed by atoms with Crippen molar-refractivity contribution in [2.45, 2.75) is 38.7 Å². The highest BCUT2D eigenvalue weighted by Gasteiger charge is 2.27. The lowest BCUT2D eigenvalue weighted by Crippen LogP contribution is -2.26. The molecule has 0 saturated carbocycles. The predicted octanol–water partition coefficient (Wildman–Crippen LogP) is 3.00. The second-order valence-electron chi connectivity index (χ2n) is 6.04. The molecule has 0 spiro atoms. The summed E-state index contributed by atoms with van der Waals surface area (Å²) in [5.41, 5.74) is 2.03. The van der Waals surface area contributed by atoms with Gasteiger partial charge in [0.2, 0.25) is 5.78 Å². The SMILES string of the molecule is CC(=O)c1c(C)[nH]c(C(=O)[C@@H](C)OC(=O)c2ccccc2[S@@](C)=O)c1C. The van der Waals surface area contributed by atoms with E-state index >= 15 is 0 Å². The molecule has 0 aliphatic rings. The number of hydrogen-bond donors (Lipinski definition) is 1. The Labute approximate surface area is 154 Å². The first kappa shape index (κ1) is 19.8. The maximum absolute atomic E-state index is 12.7. The standard InChI is InChI=1S/C19H21NO5S/c1-10-16(12(3)21)11(2)20-17(10)18(22)13(4)25-19(23)14-8-6-7-9-15(14)26(5)24/h6-9,13,20H,1-5H3/t13-,26-/m1/s1. The van der Waals surface area contributed by atoms with Crippen LogP contribution >= 0.6 is 0 Å². The third-order valence-corrected chi connectivity index (χ3v) is 5.08. The topological polar surface area (TPSA) is 93.3 Å². The van der Waals surface area contributed by atoms with Gasteiger partial charge in [-0.25, -0.2) is 4.79 Å². The van der Waals surface area contributed by atoms with Crippen LogP contribution in [0.2, 0.25) is 0 Å². The Balaban J connectivity index is 2.26. The quantitative estimate of drug-likeness (QED) is 0.619. The number of benzene rings is 1. The van der Waals surface area contributed by atoms with Crippen LogP contribution in [0.15, 0.2) is 29.2 Å². The van der Waals surface area contributed by atoms with Crippen LogP contribution in [-0.2, 0) is 15.5 Å². The zero-order valence-corrected chi connectivity index (χ0v) is 16.2.